The fourth-order valence-electron chi connectivity index (χ4n) is 4.40. The first-order valence-corrected chi connectivity index (χ1v) is 11.7. The lowest BCUT2D eigenvalue weighted by Gasteiger charge is -2.24. The Morgan fingerprint density at radius 3 is 2.94 bits per heavy atom. The van der Waals surface area contributed by atoms with Gasteiger partial charge in [0, 0.05) is 37.3 Å². The summed E-state index contributed by atoms with van der Waals surface area (Å²) in [5, 5.41) is 7.81. The van der Waals surface area contributed by atoms with E-state index in [4.69, 9.17) is 10.3 Å². The number of alkyl carbamates (subject to hydrolysis) is 1. The number of H-pyrrole nitrogens is 1. The van der Waals surface area contributed by atoms with Gasteiger partial charge in [0.15, 0.2) is 0 Å². The van der Waals surface area contributed by atoms with E-state index in [2.05, 4.69) is 37.2 Å². The first-order valence-electron chi connectivity index (χ1n) is 11.7. The van der Waals surface area contributed by atoms with Gasteiger partial charge in [-0.15, -0.1) is 0 Å². The molecule has 0 aromatic carbocycles. The minimum Gasteiger partial charge on any atom is -0.444 e. The molecule has 176 valence electrons. The Labute approximate surface area is 190 Å². The van der Waals surface area contributed by atoms with Gasteiger partial charge in [0.2, 0.25) is 0 Å². The summed E-state index contributed by atoms with van der Waals surface area (Å²) in [5.74, 6) is 0.583. The third kappa shape index (κ3) is 6.72. The van der Waals surface area contributed by atoms with Crippen molar-refractivity contribution < 1.29 is 9.53 Å². The number of hydrogen-bond acceptors (Lipinski definition) is 7. The Morgan fingerprint density at radius 2 is 2.22 bits per heavy atom. The number of carbonyl (C=O) groups is 1. The van der Waals surface area contributed by atoms with Crippen molar-refractivity contribution in [2.45, 2.75) is 77.5 Å². The van der Waals surface area contributed by atoms with Gasteiger partial charge in [-0.3, -0.25) is 0 Å². The summed E-state index contributed by atoms with van der Waals surface area (Å²) in [5.41, 5.74) is 8.82. The van der Waals surface area contributed by atoms with E-state index in [1.807, 2.05) is 33.0 Å². The Hall–Kier alpha value is -2.55. The highest BCUT2D eigenvalue weighted by molar-refractivity contribution is 5.78. The normalized spacial score (nSPS) is 19.1. The molecule has 1 amide bonds. The maximum atomic E-state index is 12.0. The SMILES string of the molecule is CCC(CCCC(N=N)c1ncnc2[nH]ccc12)CN1CCC(NC(=O)OC(C)(C)C)C1. The molecular weight excluding hydrogens is 406 g/mol. The molecule has 3 heterocycles. The molecule has 0 bridgehead atoms. The van der Waals surface area contributed by atoms with E-state index in [1.54, 1.807) is 0 Å². The van der Waals surface area contributed by atoms with E-state index in [9.17, 15) is 4.79 Å². The van der Waals surface area contributed by atoms with Gasteiger partial charge < -0.3 is 19.9 Å². The Balaban J connectivity index is 1.44. The fourth-order valence-corrected chi connectivity index (χ4v) is 4.40. The number of likely N-dealkylation sites (tertiary alicyclic amines) is 1. The van der Waals surface area contributed by atoms with Crippen molar-refractivity contribution in [3.8, 4) is 0 Å². The average molecular weight is 444 g/mol. The number of nitrogens with zero attached hydrogens (tertiary/aromatic N) is 4. The monoisotopic (exact) mass is 443 g/mol. The van der Waals surface area contributed by atoms with Crippen molar-refractivity contribution in [3.05, 3.63) is 24.3 Å². The zero-order valence-corrected chi connectivity index (χ0v) is 19.7. The van der Waals surface area contributed by atoms with Crippen LogP contribution >= 0.6 is 0 Å². The van der Waals surface area contributed by atoms with E-state index in [1.165, 1.54) is 6.33 Å². The molecule has 1 aliphatic heterocycles. The van der Waals surface area contributed by atoms with Crippen molar-refractivity contribution in [1.29, 1.82) is 5.53 Å². The molecule has 3 atom stereocenters. The minimum atomic E-state index is -0.475. The maximum Gasteiger partial charge on any atom is 0.407 e. The third-order valence-corrected chi connectivity index (χ3v) is 6.03. The second-order valence-corrected chi connectivity index (χ2v) is 9.74. The summed E-state index contributed by atoms with van der Waals surface area (Å²) in [6.45, 7) is 10.8. The highest BCUT2D eigenvalue weighted by Crippen LogP contribution is 2.28. The molecule has 3 unspecified atom stereocenters. The Kier molecular flexibility index (Phi) is 8.17. The van der Waals surface area contributed by atoms with Crippen LogP contribution in [-0.4, -0.2) is 57.2 Å². The van der Waals surface area contributed by atoms with Gasteiger partial charge in [-0.05, 0) is 52.0 Å². The number of fused-ring (bicyclic) bond motifs is 1. The molecule has 2 aromatic heterocycles. The molecule has 3 rings (SSSR count). The highest BCUT2D eigenvalue weighted by atomic mass is 16.6. The zero-order valence-electron chi connectivity index (χ0n) is 19.7. The van der Waals surface area contributed by atoms with Crippen molar-refractivity contribution in [2.24, 2.45) is 11.0 Å². The first kappa shape index (κ1) is 24.1. The summed E-state index contributed by atoms with van der Waals surface area (Å²) in [6.07, 6.45) is 8.01. The number of nitrogens with one attached hydrogen (secondary N) is 3. The van der Waals surface area contributed by atoms with Crippen LogP contribution < -0.4 is 5.32 Å². The molecule has 0 radical (unpaired) electrons. The van der Waals surface area contributed by atoms with Crippen molar-refractivity contribution >= 4 is 17.1 Å². The van der Waals surface area contributed by atoms with Crippen molar-refractivity contribution in [1.82, 2.24) is 25.2 Å². The lowest BCUT2D eigenvalue weighted by molar-refractivity contribution is 0.0505. The van der Waals surface area contributed by atoms with Crippen LogP contribution in [0.2, 0.25) is 0 Å². The summed E-state index contributed by atoms with van der Waals surface area (Å²) in [7, 11) is 0. The molecule has 1 saturated heterocycles. The second-order valence-electron chi connectivity index (χ2n) is 9.74. The third-order valence-electron chi connectivity index (χ3n) is 6.03. The van der Waals surface area contributed by atoms with Crippen LogP contribution in [0.4, 0.5) is 4.79 Å². The number of rotatable bonds is 10. The molecule has 32 heavy (non-hydrogen) atoms. The average Bonchev–Trinajstić information content (AvgIpc) is 3.38. The van der Waals surface area contributed by atoms with E-state index < -0.39 is 5.60 Å². The number of carbonyl (C=O) groups excluding carboxylic acids is 1. The van der Waals surface area contributed by atoms with E-state index in [0.717, 1.165) is 68.5 Å². The maximum absolute atomic E-state index is 12.0. The standard InChI is InChI=1S/C23H37N7O2/c1-5-16(13-30-12-10-17(14-30)28-22(31)32-23(2,3)4)7-6-8-19(29-24)20-18-9-11-25-21(18)27-15-26-20/h9,11,15-17,19,24H,5-8,10,12-14H2,1-4H3,(H,28,31)(H,25,26,27). The minimum absolute atomic E-state index is 0.148. The van der Waals surface area contributed by atoms with E-state index >= 15 is 0 Å². The van der Waals surface area contributed by atoms with Gasteiger partial charge in [0.05, 0.1) is 5.69 Å². The van der Waals surface area contributed by atoms with Gasteiger partial charge in [0.1, 0.15) is 23.6 Å². The molecule has 9 nitrogen and oxygen atoms in total. The quantitative estimate of drug-likeness (QED) is 0.455. The molecule has 0 aliphatic carbocycles. The molecule has 0 spiro atoms. The first-order chi connectivity index (χ1) is 15.3. The fraction of sp³-hybridized carbons (Fsp3) is 0.696. The van der Waals surface area contributed by atoms with Crippen molar-refractivity contribution in [3.63, 3.8) is 0 Å². The summed E-state index contributed by atoms with van der Waals surface area (Å²) >= 11 is 0. The predicted molar refractivity (Wildman–Crippen MR) is 124 cm³/mol. The number of aromatic nitrogens is 3. The summed E-state index contributed by atoms with van der Waals surface area (Å²) in [6, 6.07) is 1.87. The highest BCUT2D eigenvalue weighted by Gasteiger charge is 2.27. The van der Waals surface area contributed by atoms with Gasteiger partial charge >= 0.3 is 6.09 Å². The second kappa shape index (κ2) is 10.8. The molecular formula is C23H37N7O2. The Morgan fingerprint density at radius 1 is 1.41 bits per heavy atom. The number of amides is 1. The van der Waals surface area contributed by atoms with Crippen LogP contribution in [0.25, 0.3) is 11.0 Å². The number of hydrogen-bond donors (Lipinski definition) is 3. The smallest absolute Gasteiger partial charge is 0.407 e. The molecule has 9 heteroatoms. The molecule has 3 N–H and O–H groups in total. The van der Waals surface area contributed by atoms with E-state index in [-0.39, 0.29) is 18.2 Å². The topological polar surface area (TPSA) is 119 Å². The van der Waals surface area contributed by atoms with Crippen LogP contribution in [-0.2, 0) is 4.74 Å². The Bertz CT molecular complexity index is 892. The largest absolute Gasteiger partial charge is 0.444 e. The summed E-state index contributed by atoms with van der Waals surface area (Å²) < 4.78 is 5.38. The molecule has 1 fully saturated rings. The molecule has 2 aromatic rings. The van der Waals surface area contributed by atoms with Crippen molar-refractivity contribution in [2.75, 3.05) is 19.6 Å². The van der Waals surface area contributed by atoms with Crippen LogP contribution in [0.3, 0.4) is 0 Å². The lowest BCUT2D eigenvalue weighted by atomic mass is 9.96. The van der Waals surface area contributed by atoms with Gasteiger partial charge in [-0.25, -0.2) is 20.3 Å². The predicted octanol–water partition coefficient (Wildman–Crippen LogP) is 4.83. The summed E-state index contributed by atoms with van der Waals surface area (Å²) in [4.78, 5) is 26.2. The van der Waals surface area contributed by atoms with Gasteiger partial charge in [0.25, 0.3) is 0 Å². The molecule has 0 saturated carbocycles. The van der Waals surface area contributed by atoms with E-state index in [0.29, 0.717) is 5.92 Å². The van der Waals surface area contributed by atoms with Crippen LogP contribution in [0.5, 0.6) is 0 Å². The van der Waals surface area contributed by atoms with Gasteiger partial charge in [-0.1, -0.05) is 19.8 Å². The number of aromatic amines is 1. The zero-order chi connectivity index (χ0) is 23.1. The number of ether oxygens (including phenoxy) is 1. The van der Waals surface area contributed by atoms with Crippen LogP contribution in [0.15, 0.2) is 23.7 Å². The van der Waals surface area contributed by atoms with Gasteiger partial charge in [-0.2, -0.15) is 5.11 Å². The van der Waals surface area contributed by atoms with Crippen LogP contribution in [0, 0.1) is 11.4 Å². The lowest BCUT2D eigenvalue weighted by Crippen LogP contribution is -2.41. The van der Waals surface area contributed by atoms with Crippen LogP contribution in [0.1, 0.15) is 71.5 Å². The molecule has 1 aliphatic rings.